The third-order valence-electron chi connectivity index (χ3n) is 3.62. The number of hydrogen-bond donors (Lipinski definition) is 1. The monoisotopic (exact) mass is 424 g/mol. The Morgan fingerprint density at radius 2 is 1.96 bits per heavy atom. The van der Waals surface area contributed by atoms with Gasteiger partial charge in [0.15, 0.2) is 0 Å². The quantitative estimate of drug-likeness (QED) is 0.688. The van der Waals surface area contributed by atoms with Gasteiger partial charge in [-0.1, -0.05) is 24.3 Å². The smallest absolute Gasteiger partial charge is 0.244 e. The highest BCUT2D eigenvalue weighted by Crippen LogP contribution is 2.28. The predicted octanol–water partition coefficient (Wildman–Crippen LogP) is 3.76. The highest BCUT2D eigenvalue weighted by Gasteiger charge is 2.26. The minimum absolute atomic E-state index is 0.229. The Bertz CT molecular complexity index is 772. The molecular weight excluding hydrogens is 407 g/mol. The Morgan fingerprint density at radius 1 is 1.24 bits per heavy atom. The summed E-state index contributed by atoms with van der Waals surface area (Å²) in [5, 5.41) is 0. The third kappa shape index (κ3) is 5.31. The second kappa shape index (κ2) is 9.01. The Morgan fingerprint density at radius 3 is 2.60 bits per heavy atom. The van der Waals surface area contributed by atoms with Crippen LogP contribution in [0.1, 0.15) is 18.0 Å². The molecule has 0 aliphatic heterocycles. The van der Waals surface area contributed by atoms with Crippen molar-refractivity contribution in [1.82, 2.24) is 4.90 Å². The van der Waals surface area contributed by atoms with Crippen LogP contribution in [0.15, 0.2) is 57.9 Å². The number of nitrogens with two attached hydrogens (primary N) is 1. The summed E-state index contributed by atoms with van der Waals surface area (Å²) >= 11 is 5.00. The van der Waals surface area contributed by atoms with Gasteiger partial charge >= 0.3 is 0 Å². The average molecular weight is 425 g/mol. The van der Waals surface area contributed by atoms with E-state index >= 15 is 0 Å². The van der Waals surface area contributed by atoms with Gasteiger partial charge in [0.1, 0.15) is 11.9 Å². The van der Waals surface area contributed by atoms with Crippen LogP contribution in [-0.4, -0.2) is 29.5 Å². The molecule has 0 aliphatic carbocycles. The van der Waals surface area contributed by atoms with E-state index in [0.717, 1.165) is 9.37 Å². The van der Waals surface area contributed by atoms with E-state index in [2.05, 4.69) is 15.9 Å². The van der Waals surface area contributed by atoms with Gasteiger partial charge in [0, 0.05) is 28.6 Å². The number of hydrogen-bond acceptors (Lipinski definition) is 3. The molecule has 2 N–H and O–H groups in total. The van der Waals surface area contributed by atoms with Crippen molar-refractivity contribution >= 4 is 39.5 Å². The average Bonchev–Trinajstić information content (AvgIpc) is 2.56. The molecule has 4 nitrogen and oxygen atoms in total. The molecule has 0 spiro atoms. The molecule has 2 rings (SSSR count). The van der Waals surface area contributed by atoms with E-state index < -0.39 is 17.8 Å². The van der Waals surface area contributed by atoms with E-state index in [-0.39, 0.29) is 12.3 Å². The van der Waals surface area contributed by atoms with Gasteiger partial charge in [0.2, 0.25) is 11.8 Å². The summed E-state index contributed by atoms with van der Waals surface area (Å²) in [5.41, 5.74) is 5.79. The van der Waals surface area contributed by atoms with Crippen LogP contribution in [0.25, 0.3) is 0 Å². The standard InChI is InChI=1S/C18H18BrFN2O2S/c1-22(17(18(21)24)12-5-4-6-13(20)11-12)16(23)9-10-25-15-8-3-2-7-14(15)19/h2-8,11,17H,9-10H2,1H3,(H2,21,24). The van der Waals surface area contributed by atoms with Gasteiger partial charge in [-0.2, -0.15) is 0 Å². The molecule has 7 heteroatoms. The molecule has 132 valence electrons. The number of benzene rings is 2. The van der Waals surface area contributed by atoms with E-state index in [1.54, 1.807) is 17.8 Å². The number of likely N-dealkylation sites (N-methyl/N-ethyl adjacent to an activating group) is 1. The second-order valence-electron chi connectivity index (χ2n) is 5.39. The molecule has 25 heavy (non-hydrogen) atoms. The molecule has 0 saturated heterocycles. The van der Waals surface area contributed by atoms with E-state index in [1.165, 1.54) is 30.1 Å². The first-order valence-corrected chi connectivity index (χ1v) is 9.35. The lowest BCUT2D eigenvalue weighted by molar-refractivity contribution is -0.137. The van der Waals surface area contributed by atoms with Crippen LogP contribution in [0.3, 0.4) is 0 Å². The van der Waals surface area contributed by atoms with Crippen LogP contribution >= 0.6 is 27.7 Å². The Labute approximate surface area is 158 Å². The van der Waals surface area contributed by atoms with Gasteiger partial charge in [-0.3, -0.25) is 9.59 Å². The van der Waals surface area contributed by atoms with E-state index in [1.807, 2.05) is 24.3 Å². The molecule has 1 unspecified atom stereocenters. The van der Waals surface area contributed by atoms with Crippen molar-refractivity contribution in [2.24, 2.45) is 5.73 Å². The topological polar surface area (TPSA) is 63.4 Å². The van der Waals surface area contributed by atoms with E-state index in [0.29, 0.717) is 11.3 Å². The molecule has 0 aromatic heterocycles. The van der Waals surface area contributed by atoms with Crippen molar-refractivity contribution in [3.05, 3.63) is 64.4 Å². The molecular formula is C18H18BrFN2O2S. The van der Waals surface area contributed by atoms with Crippen LogP contribution in [-0.2, 0) is 9.59 Å². The first-order valence-electron chi connectivity index (χ1n) is 7.58. The number of thioether (sulfide) groups is 1. The molecule has 2 amide bonds. The fourth-order valence-corrected chi connectivity index (χ4v) is 3.89. The number of halogens is 2. The van der Waals surface area contributed by atoms with Crippen molar-refractivity contribution in [2.75, 3.05) is 12.8 Å². The Hall–Kier alpha value is -1.86. The van der Waals surface area contributed by atoms with Gasteiger partial charge < -0.3 is 10.6 Å². The zero-order chi connectivity index (χ0) is 18.4. The first-order chi connectivity index (χ1) is 11.9. The molecule has 0 radical (unpaired) electrons. The molecule has 0 bridgehead atoms. The van der Waals surface area contributed by atoms with Gasteiger partial charge in [0.05, 0.1) is 0 Å². The summed E-state index contributed by atoms with van der Waals surface area (Å²) in [6.07, 6.45) is 0.238. The van der Waals surface area contributed by atoms with Crippen LogP contribution in [0, 0.1) is 5.82 Å². The molecule has 2 aromatic rings. The first kappa shape index (κ1) is 19.5. The maximum Gasteiger partial charge on any atom is 0.244 e. The number of carbonyl (C=O) groups excluding carboxylic acids is 2. The third-order valence-corrected chi connectivity index (χ3v) is 5.65. The zero-order valence-electron chi connectivity index (χ0n) is 13.6. The van der Waals surface area contributed by atoms with Gasteiger partial charge in [0.25, 0.3) is 0 Å². The van der Waals surface area contributed by atoms with Crippen LogP contribution in [0.4, 0.5) is 4.39 Å². The minimum Gasteiger partial charge on any atom is -0.368 e. The highest BCUT2D eigenvalue weighted by atomic mass is 79.9. The fourth-order valence-electron chi connectivity index (χ4n) is 2.39. The maximum atomic E-state index is 13.4. The SMILES string of the molecule is CN(C(=O)CCSc1ccccc1Br)C(C(N)=O)c1cccc(F)c1. The minimum atomic E-state index is -0.989. The van der Waals surface area contributed by atoms with Crippen molar-refractivity contribution in [1.29, 1.82) is 0 Å². The van der Waals surface area contributed by atoms with Crippen LogP contribution < -0.4 is 5.73 Å². The highest BCUT2D eigenvalue weighted by molar-refractivity contribution is 9.10. The summed E-state index contributed by atoms with van der Waals surface area (Å²) in [6.45, 7) is 0. The summed E-state index contributed by atoms with van der Waals surface area (Å²) in [4.78, 5) is 26.5. The molecule has 1 atom stereocenters. The van der Waals surface area contributed by atoms with Crippen molar-refractivity contribution in [3.8, 4) is 0 Å². The number of nitrogens with zero attached hydrogens (tertiary/aromatic N) is 1. The lowest BCUT2D eigenvalue weighted by Gasteiger charge is -2.26. The molecule has 0 fully saturated rings. The summed E-state index contributed by atoms with van der Waals surface area (Å²) in [7, 11) is 1.51. The molecule has 0 heterocycles. The van der Waals surface area contributed by atoms with Crippen LogP contribution in [0.2, 0.25) is 0 Å². The summed E-state index contributed by atoms with van der Waals surface area (Å²) in [6, 6.07) is 12.3. The number of carbonyl (C=O) groups is 2. The molecule has 0 saturated carbocycles. The zero-order valence-corrected chi connectivity index (χ0v) is 16.0. The number of amides is 2. The lowest BCUT2D eigenvalue weighted by Crippen LogP contribution is -2.39. The van der Waals surface area contributed by atoms with Gasteiger partial charge in [-0.15, -0.1) is 11.8 Å². The van der Waals surface area contributed by atoms with E-state index in [9.17, 15) is 14.0 Å². The molecule has 0 aliphatic rings. The fraction of sp³-hybridized carbons (Fsp3) is 0.222. The maximum absolute atomic E-state index is 13.4. The van der Waals surface area contributed by atoms with E-state index in [4.69, 9.17) is 5.73 Å². The Kier molecular flexibility index (Phi) is 7.01. The number of primary amides is 1. The largest absolute Gasteiger partial charge is 0.368 e. The lowest BCUT2D eigenvalue weighted by atomic mass is 10.0. The van der Waals surface area contributed by atoms with Gasteiger partial charge in [-0.05, 0) is 45.8 Å². The normalized spacial score (nSPS) is 11.8. The van der Waals surface area contributed by atoms with Crippen molar-refractivity contribution in [2.45, 2.75) is 17.4 Å². The number of rotatable bonds is 7. The summed E-state index contributed by atoms with van der Waals surface area (Å²) < 4.78 is 14.4. The van der Waals surface area contributed by atoms with Crippen molar-refractivity contribution in [3.63, 3.8) is 0 Å². The van der Waals surface area contributed by atoms with Crippen molar-refractivity contribution < 1.29 is 14.0 Å². The molecule has 2 aromatic carbocycles. The van der Waals surface area contributed by atoms with Gasteiger partial charge in [-0.25, -0.2) is 4.39 Å². The second-order valence-corrected chi connectivity index (χ2v) is 7.38. The predicted molar refractivity (Wildman–Crippen MR) is 101 cm³/mol. The Balaban J connectivity index is 2.01. The summed E-state index contributed by atoms with van der Waals surface area (Å²) in [5.74, 6) is -0.845. The van der Waals surface area contributed by atoms with Crippen LogP contribution in [0.5, 0.6) is 0 Å².